The van der Waals surface area contributed by atoms with E-state index in [9.17, 15) is 0 Å². The van der Waals surface area contributed by atoms with Crippen LogP contribution in [0.15, 0.2) is 6.07 Å². The normalized spacial score (nSPS) is 10.6. The monoisotopic (exact) mass is 236 g/mol. The summed E-state index contributed by atoms with van der Waals surface area (Å²) < 4.78 is 0. The van der Waals surface area contributed by atoms with Crippen LogP contribution in [0.5, 0.6) is 0 Å². The first-order valence-corrected chi connectivity index (χ1v) is 6.50. The molecular weight excluding hydrogens is 212 g/mol. The fourth-order valence-corrected chi connectivity index (χ4v) is 1.80. The molecule has 4 nitrogen and oxygen atoms in total. The molecule has 0 bridgehead atoms. The van der Waals surface area contributed by atoms with Crippen molar-refractivity contribution in [1.82, 2.24) is 9.97 Å². The van der Waals surface area contributed by atoms with Gasteiger partial charge in [0.1, 0.15) is 11.6 Å². The zero-order valence-corrected chi connectivity index (χ0v) is 11.2. The predicted octanol–water partition coefficient (Wildman–Crippen LogP) is 1.91. The lowest BCUT2D eigenvalue weighted by atomic mass is 10.2. The first-order chi connectivity index (χ1) is 8.21. The fraction of sp³-hybridized carbons (Fsp3) is 0.692. The zero-order chi connectivity index (χ0) is 12.7. The lowest BCUT2D eigenvalue weighted by molar-refractivity contribution is 0.703. The number of hydrogen-bond donors (Lipinski definition) is 1. The van der Waals surface area contributed by atoms with Gasteiger partial charge in [-0.25, -0.2) is 9.97 Å². The molecular formula is C13H24N4. The molecule has 1 rings (SSSR count). The van der Waals surface area contributed by atoms with Crippen LogP contribution < -0.4 is 10.6 Å². The average Bonchev–Trinajstić information content (AvgIpc) is 2.33. The van der Waals surface area contributed by atoms with E-state index in [1.807, 2.05) is 6.92 Å². The highest BCUT2D eigenvalue weighted by Crippen LogP contribution is 2.13. The summed E-state index contributed by atoms with van der Waals surface area (Å²) in [7, 11) is 0. The third kappa shape index (κ3) is 4.30. The zero-order valence-electron chi connectivity index (χ0n) is 11.2. The number of aryl methyl sites for hydroxylation is 2. The Hall–Kier alpha value is -1.16. The quantitative estimate of drug-likeness (QED) is 0.785. The molecule has 0 spiro atoms. The smallest absolute Gasteiger partial charge is 0.132 e. The van der Waals surface area contributed by atoms with Gasteiger partial charge in [-0.05, 0) is 19.8 Å². The molecule has 17 heavy (non-hydrogen) atoms. The number of nitrogens with zero attached hydrogens (tertiary/aromatic N) is 3. The molecule has 0 aliphatic rings. The van der Waals surface area contributed by atoms with Crippen molar-refractivity contribution in [2.24, 2.45) is 5.73 Å². The van der Waals surface area contributed by atoms with Crippen LogP contribution in [0.4, 0.5) is 5.82 Å². The van der Waals surface area contributed by atoms with Crippen LogP contribution in [0, 0.1) is 6.92 Å². The molecule has 1 aromatic heterocycles. The number of aromatic nitrogens is 2. The molecule has 0 saturated heterocycles. The maximum Gasteiger partial charge on any atom is 0.132 e. The molecule has 0 atom stereocenters. The van der Waals surface area contributed by atoms with E-state index in [1.54, 1.807) is 0 Å². The number of hydrogen-bond acceptors (Lipinski definition) is 4. The molecule has 0 saturated carbocycles. The van der Waals surface area contributed by atoms with E-state index in [4.69, 9.17) is 5.73 Å². The Bertz CT molecular complexity index is 338. The van der Waals surface area contributed by atoms with Crippen molar-refractivity contribution in [2.45, 2.75) is 40.0 Å². The van der Waals surface area contributed by atoms with Gasteiger partial charge < -0.3 is 10.6 Å². The number of anilines is 1. The fourth-order valence-electron chi connectivity index (χ4n) is 1.80. The van der Waals surface area contributed by atoms with Crippen molar-refractivity contribution in [3.05, 3.63) is 17.6 Å². The van der Waals surface area contributed by atoms with Gasteiger partial charge in [0, 0.05) is 31.4 Å². The van der Waals surface area contributed by atoms with Crippen molar-refractivity contribution in [1.29, 1.82) is 0 Å². The standard InChI is InChI=1S/C13H24N4/c1-4-6-8-17(9-7-14)13-10-12(5-2)15-11(3)16-13/h10H,4-9,14H2,1-3H3. The van der Waals surface area contributed by atoms with Crippen LogP contribution in [-0.2, 0) is 6.42 Å². The highest BCUT2D eigenvalue weighted by atomic mass is 15.2. The Morgan fingerprint density at radius 3 is 2.59 bits per heavy atom. The summed E-state index contributed by atoms with van der Waals surface area (Å²) in [6, 6.07) is 2.08. The Kier molecular flexibility index (Phi) is 5.91. The third-order valence-corrected chi connectivity index (χ3v) is 2.74. The van der Waals surface area contributed by atoms with Gasteiger partial charge in [0.15, 0.2) is 0 Å². The van der Waals surface area contributed by atoms with Crippen molar-refractivity contribution < 1.29 is 0 Å². The van der Waals surface area contributed by atoms with E-state index >= 15 is 0 Å². The summed E-state index contributed by atoms with van der Waals surface area (Å²) in [5.41, 5.74) is 6.76. The number of nitrogens with two attached hydrogens (primary N) is 1. The first-order valence-electron chi connectivity index (χ1n) is 6.50. The molecule has 2 N–H and O–H groups in total. The van der Waals surface area contributed by atoms with Crippen LogP contribution in [0.2, 0.25) is 0 Å². The van der Waals surface area contributed by atoms with E-state index in [2.05, 4.69) is 34.8 Å². The number of unbranched alkanes of at least 4 members (excludes halogenated alkanes) is 1. The third-order valence-electron chi connectivity index (χ3n) is 2.74. The molecule has 4 heteroatoms. The summed E-state index contributed by atoms with van der Waals surface area (Å²) in [4.78, 5) is 11.2. The summed E-state index contributed by atoms with van der Waals surface area (Å²) >= 11 is 0. The van der Waals surface area contributed by atoms with Crippen LogP contribution in [0.1, 0.15) is 38.2 Å². The predicted molar refractivity (Wildman–Crippen MR) is 72.3 cm³/mol. The largest absolute Gasteiger partial charge is 0.355 e. The van der Waals surface area contributed by atoms with Gasteiger partial charge in [-0.2, -0.15) is 0 Å². The highest BCUT2D eigenvalue weighted by Gasteiger charge is 2.08. The van der Waals surface area contributed by atoms with E-state index in [0.29, 0.717) is 6.54 Å². The van der Waals surface area contributed by atoms with E-state index in [-0.39, 0.29) is 0 Å². The summed E-state index contributed by atoms with van der Waals surface area (Å²) in [5.74, 6) is 1.87. The van der Waals surface area contributed by atoms with Gasteiger partial charge in [-0.1, -0.05) is 20.3 Å². The average molecular weight is 236 g/mol. The Labute approximate surface area is 104 Å². The van der Waals surface area contributed by atoms with E-state index in [0.717, 1.165) is 36.8 Å². The van der Waals surface area contributed by atoms with Gasteiger partial charge in [0.05, 0.1) is 0 Å². The second kappa shape index (κ2) is 7.22. The number of rotatable bonds is 7. The van der Waals surface area contributed by atoms with Crippen LogP contribution in [0.25, 0.3) is 0 Å². The summed E-state index contributed by atoms with van der Waals surface area (Å²) in [6.45, 7) is 8.80. The Morgan fingerprint density at radius 2 is 2.00 bits per heavy atom. The highest BCUT2D eigenvalue weighted by molar-refractivity contribution is 5.39. The van der Waals surface area contributed by atoms with Gasteiger partial charge in [-0.3, -0.25) is 0 Å². The Morgan fingerprint density at radius 1 is 1.24 bits per heavy atom. The molecule has 0 aliphatic carbocycles. The van der Waals surface area contributed by atoms with E-state index < -0.39 is 0 Å². The molecule has 0 fully saturated rings. The SMILES string of the molecule is CCCCN(CCN)c1cc(CC)nc(C)n1. The van der Waals surface area contributed by atoms with Crippen LogP contribution in [0.3, 0.4) is 0 Å². The van der Waals surface area contributed by atoms with Crippen molar-refractivity contribution in [2.75, 3.05) is 24.5 Å². The second-order valence-electron chi connectivity index (χ2n) is 4.25. The summed E-state index contributed by atoms with van der Waals surface area (Å²) in [6.07, 6.45) is 3.30. The first kappa shape index (κ1) is 13.9. The second-order valence-corrected chi connectivity index (χ2v) is 4.25. The van der Waals surface area contributed by atoms with Crippen molar-refractivity contribution in [3.63, 3.8) is 0 Å². The molecule has 0 unspecified atom stereocenters. The van der Waals surface area contributed by atoms with Gasteiger partial charge in [0.25, 0.3) is 0 Å². The van der Waals surface area contributed by atoms with Gasteiger partial charge in [-0.15, -0.1) is 0 Å². The minimum absolute atomic E-state index is 0.661. The van der Waals surface area contributed by atoms with Crippen molar-refractivity contribution in [3.8, 4) is 0 Å². The Balaban J connectivity index is 2.87. The lowest BCUT2D eigenvalue weighted by Gasteiger charge is -2.23. The van der Waals surface area contributed by atoms with Crippen LogP contribution in [-0.4, -0.2) is 29.6 Å². The summed E-state index contributed by atoms with van der Waals surface area (Å²) in [5, 5.41) is 0. The molecule has 1 heterocycles. The maximum atomic E-state index is 5.66. The lowest BCUT2D eigenvalue weighted by Crippen LogP contribution is -2.31. The van der Waals surface area contributed by atoms with Gasteiger partial charge >= 0.3 is 0 Å². The van der Waals surface area contributed by atoms with Crippen LogP contribution >= 0.6 is 0 Å². The molecule has 0 aliphatic heterocycles. The van der Waals surface area contributed by atoms with Crippen molar-refractivity contribution >= 4 is 5.82 Å². The molecule has 0 amide bonds. The van der Waals surface area contributed by atoms with E-state index in [1.165, 1.54) is 12.8 Å². The topological polar surface area (TPSA) is 55.0 Å². The molecule has 96 valence electrons. The maximum absolute atomic E-state index is 5.66. The minimum Gasteiger partial charge on any atom is -0.355 e. The van der Waals surface area contributed by atoms with Gasteiger partial charge in [0.2, 0.25) is 0 Å². The molecule has 0 aromatic carbocycles. The molecule has 0 radical (unpaired) electrons. The minimum atomic E-state index is 0.661. The molecule has 1 aromatic rings.